The molecule has 1 amide bonds. The number of rotatable bonds is 8. The lowest BCUT2D eigenvalue weighted by Crippen LogP contribution is -2.20. The minimum atomic E-state index is -0.391. The van der Waals surface area contributed by atoms with Crippen LogP contribution in [0.3, 0.4) is 0 Å². The molecule has 0 bridgehead atoms. The topological polar surface area (TPSA) is 95.0 Å². The third-order valence-electron chi connectivity index (χ3n) is 4.39. The van der Waals surface area contributed by atoms with Crippen molar-refractivity contribution in [3.8, 4) is 6.07 Å². The molecule has 0 radical (unpaired) electrons. The standard InChI is InChI=1S/C22H21N3O3/c23-13-12-16-8-10-18(11-9-16)25-21(26)15-28-22(27)7-3-4-17-14-24-20-6-2-1-5-19(17)20/h1-2,5-6,8-11,14,24H,3-4,7,12,15H2,(H,25,26). The Morgan fingerprint density at radius 3 is 2.68 bits per heavy atom. The molecule has 0 saturated heterocycles. The van der Waals surface area contributed by atoms with Crippen molar-refractivity contribution >= 4 is 28.5 Å². The molecule has 3 aromatic rings. The SMILES string of the molecule is N#CCc1ccc(NC(=O)COC(=O)CCCc2c[nH]c3ccccc23)cc1. The first-order valence-electron chi connectivity index (χ1n) is 9.12. The van der Waals surface area contributed by atoms with Gasteiger partial charge in [0, 0.05) is 29.2 Å². The molecule has 1 aromatic heterocycles. The lowest BCUT2D eigenvalue weighted by Gasteiger charge is -2.07. The predicted molar refractivity (Wildman–Crippen MR) is 107 cm³/mol. The van der Waals surface area contributed by atoms with Crippen LogP contribution in [-0.2, 0) is 27.2 Å². The molecule has 3 rings (SSSR count). The van der Waals surface area contributed by atoms with Crippen LogP contribution in [0.15, 0.2) is 54.7 Å². The highest BCUT2D eigenvalue weighted by atomic mass is 16.5. The maximum Gasteiger partial charge on any atom is 0.306 e. The van der Waals surface area contributed by atoms with E-state index in [4.69, 9.17) is 10.00 Å². The van der Waals surface area contributed by atoms with Gasteiger partial charge in [-0.1, -0.05) is 30.3 Å². The highest BCUT2D eigenvalue weighted by Crippen LogP contribution is 2.19. The Labute approximate surface area is 163 Å². The van der Waals surface area contributed by atoms with Crippen molar-refractivity contribution in [2.24, 2.45) is 0 Å². The van der Waals surface area contributed by atoms with Gasteiger partial charge in [0.15, 0.2) is 6.61 Å². The number of aromatic nitrogens is 1. The molecule has 0 aliphatic carbocycles. The van der Waals surface area contributed by atoms with E-state index in [2.05, 4.69) is 22.4 Å². The predicted octanol–water partition coefficient (Wildman–Crippen LogP) is 3.74. The number of aromatic amines is 1. The fourth-order valence-corrected chi connectivity index (χ4v) is 2.97. The third kappa shape index (κ3) is 5.21. The summed E-state index contributed by atoms with van der Waals surface area (Å²) >= 11 is 0. The second-order valence-electron chi connectivity index (χ2n) is 6.45. The van der Waals surface area contributed by atoms with Crippen LogP contribution < -0.4 is 5.32 Å². The molecule has 0 spiro atoms. The number of hydrogen-bond acceptors (Lipinski definition) is 4. The second-order valence-corrected chi connectivity index (χ2v) is 6.45. The first-order chi connectivity index (χ1) is 13.7. The minimum absolute atomic E-state index is 0.260. The van der Waals surface area contributed by atoms with Gasteiger partial charge in [0.2, 0.25) is 0 Å². The van der Waals surface area contributed by atoms with Gasteiger partial charge in [-0.25, -0.2) is 0 Å². The van der Waals surface area contributed by atoms with Gasteiger partial charge in [-0.05, 0) is 42.2 Å². The summed E-state index contributed by atoms with van der Waals surface area (Å²) in [6.07, 6.45) is 3.97. The number of H-pyrrole nitrogens is 1. The van der Waals surface area contributed by atoms with E-state index in [1.807, 2.05) is 24.4 Å². The summed E-state index contributed by atoms with van der Waals surface area (Å²) < 4.78 is 5.04. The molecule has 0 fully saturated rings. The lowest BCUT2D eigenvalue weighted by molar-refractivity contribution is -0.147. The maximum atomic E-state index is 11.9. The van der Waals surface area contributed by atoms with Crippen LogP contribution >= 0.6 is 0 Å². The fraction of sp³-hybridized carbons (Fsp3) is 0.227. The summed E-state index contributed by atoms with van der Waals surface area (Å²) in [5, 5.41) is 12.5. The van der Waals surface area contributed by atoms with Crippen LogP contribution in [0.25, 0.3) is 10.9 Å². The van der Waals surface area contributed by atoms with E-state index in [1.165, 1.54) is 5.56 Å². The summed E-state index contributed by atoms with van der Waals surface area (Å²) in [6, 6.07) is 17.1. The number of aryl methyl sites for hydroxylation is 1. The van der Waals surface area contributed by atoms with Gasteiger partial charge < -0.3 is 15.0 Å². The van der Waals surface area contributed by atoms with E-state index in [-0.39, 0.29) is 19.0 Å². The van der Waals surface area contributed by atoms with Gasteiger partial charge >= 0.3 is 5.97 Å². The van der Waals surface area contributed by atoms with Crippen LogP contribution in [0, 0.1) is 11.3 Å². The summed E-state index contributed by atoms with van der Waals surface area (Å²) in [5.41, 5.74) is 3.72. The van der Waals surface area contributed by atoms with E-state index in [0.29, 0.717) is 18.5 Å². The van der Waals surface area contributed by atoms with Crippen molar-refractivity contribution in [1.82, 2.24) is 4.98 Å². The number of carbonyl (C=O) groups is 2. The number of esters is 1. The fourth-order valence-electron chi connectivity index (χ4n) is 2.97. The summed E-state index contributed by atoms with van der Waals surface area (Å²) in [5.74, 6) is -0.780. The average molecular weight is 375 g/mol. The summed E-state index contributed by atoms with van der Waals surface area (Å²) in [7, 11) is 0. The number of benzene rings is 2. The zero-order valence-electron chi connectivity index (χ0n) is 15.4. The molecule has 28 heavy (non-hydrogen) atoms. The van der Waals surface area contributed by atoms with E-state index in [0.717, 1.165) is 22.9 Å². The Bertz CT molecular complexity index is 1000. The van der Waals surface area contributed by atoms with Crippen molar-refractivity contribution in [3.63, 3.8) is 0 Å². The van der Waals surface area contributed by atoms with Gasteiger partial charge in [0.1, 0.15) is 0 Å². The third-order valence-corrected chi connectivity index (χ3v) is 4.39. The Balaban J connectivity index is 1.38. The number of nitriles is 1. The highest BCUT2D eigenvalue weighted by molar-refractivity contribution is 5.92. The van der Waals surface area contributed by atoms with Crippen molar-refractivity contribution < 1.29 is 14.3 Å². The summed E-state index contributed by atoms with van der Waals surface area (Å²) in [4.78, 5) is 27.0. The quantitative estimate of drug-likeness (QED) is 0.586. The second kappa shape index (κ2) is 9.38. The highest BCUT2D eigenvalue weighted by Gasteiger charge is 2.09. The Hall–Kier alpha value is -3.59. The molecule has 2 aromatic carbocycles. The maximum absolute atomic E-state index is 11.9. The first-order valence-corrected chi connectivity index (χ1v) is 9.12. The molecular formula is C22H21N3O3. The van der Waals surface area contributed by atoms with Gasteiger partial charge in [0.25, 0.3) is 5.91 Å². The summed E-state index contributed by atoms with van der Waals surface area (Å²) in [6.45, 7) is -0.314. The van der Waals surface area contributed by atoms with Gasteiger partial charge in [0.05, 0.1) is 12.5 Å². The normalized spacial score (nSPS) is 10.4. The molecule has 1 heterocycles. The Morgan fingerprint density at radius 1 is 1.11 bits per heavy atom. The smallest absolute Gasteiger partial charge is 0.306 e. The van der Waals surface area contributed by atoms with Crippen molar-refractivity contribution in [2.75, 3.05) is 11.9 Å². The zero-order valence-corrected chi connectivity index (χ0v) is 15.4. The van der Waals surface area contributed by atoms with Gasteiger partial charge in [-0.2, -0.15) is 5.26 Å². The lowest BCUT2D eigenvalue weighted by atomic mass is 10.1. The molecule has 6 nitrogen and oxygen atoms in total. The zero-order chi connectivity index (χ0) is 19.8. The molecule has 142 valence electrons. The van der Waals surface area contributed by atoms with Crippen LogP contribution in [-0.4, -0.2) is 23.5 Å². The van der Waals surface area contributed by atoms with Gasteiger partial charge in [-0.15, -0.1) is 0 Å². The van der Waals surface area contributed by atoms with E-state index >= 15 is 0 Å². The Kier molecular flexibility index (Phi) is 6.42. The number of amides is 1. The number of ether oxygens (including phenoxy) is 1. The van der Waals surface area contributed by atoms with Crippen molar-refractivity contribution in [2.45, 2.75) is 25.7 Å². The molecular weight excluding hydrogens is 354 g/mol. The minimum Gasteiger partial charge on any atom is -0.456 e. The number of fused-ring (bicyclic) bond motifs is 1. The van der Waals surface area contributed by atoms with Crippen LogP contribution in [0.5, 0.6) is 0 Å². The molecule has 0 unspecified atom stereocenters. The van der Waals surface area contributed by atoms with E-state index in [1.54, 1.807) is 24.3 Å². The largest absolute Gasteiger partial charge is 0.456 e. The monoisotopic (exact) mass is 375 g/mol. The molecule has 6 heteroatoms. The van der Waals surface area contributed by atoms with Crippen LogP contribution in [0.1, 0.15) is 24.0 Å². The molecule has 0 atom stereocenters. The van der Waals surface area contributed by atoms with E-state index in [9.17, 15) is 9.59 Å². The number of carbonyl (C=O) groups excluding carboxylic acids is 2. The van der Waals surface area contributed by atoms with Crippen LogP contribution in [0.2, 0.25) is 0 Å². The van der Waals surface area contributed by atoms with Gasteiger partial charge in [-0.3, -0.25) is 9.59 Å². The number of hydrogen-bond donors (Lipinski definition) is 2. The average Bonchev–Trinajstić information content (AvgIpc) is 3.11. The first kappa shape index (κ1) is 19.2. The van der Waals surface area contributed by atoms with E-state index < -0.39 is 5.91 Å². The molecule has 0 aliphatic heterocycles. The molecule has 0 aliphatic rings. The molecule has 0 saturated carbocycles. The number of nitrogens with zero attached hydrogens (tertiary/aromatic N) is 1. The number of para-hydroxylation sites is 1. The Morgan fingerprint density at radius 2 is 1.89 bits per heavy atom. The molecule has 2 N–H and O–H groups in total. The van der Waals surface area contributed by atoms with Crippen LogP contribution in [0.4, 0.5) is 5.69 Å². The number of nitrogens with one attached hydrogen (secondary N) is 2. The van der Waals surface area contributed by atoms with Crippen molar-refractivity contribution in [1.29, 1.82) is 5.26 Å². The van der Waals surface area contributed by atoms with Crippen molar-refractivity contribution in [3.05, 3.63) is 65.9 Å². The number of anilines is 1.